The van der Waals surface area contributed by atoms with E-state index in [4.69, 9.17) is 14.2 Å². The molecule has 0 aliphatic rings. The van der Waals surface area contributed by atoms with Crippen molar-refractivity contribution in [2.24, 2.45) is 0 Å². The first-order valence-electron chi connectivity index (χ1n) is 32.0. The number of hydrogen-bond acceptors (Lipinski definition) is 6. The van der Waals surface area contributed by atoms with Crippen LogP contribution in [0.25, 0.3) is 0 Å². The van der Waals surface area contributed by atoms with Gasteiger partial charge in [-0.1, -0.05) is 314 Å². The Hall–Kier alpha value is -2.37. The maximum atomic E-state index is 12.8. The average molecular weight is 1010 g/mol. The van der Waals surface area contributed by atoms with Crippen molar-refractivity contribution in [3.8, 4) is 0 Å². The van der Waals surface area contributed by atoms with Crippen molar-refractivity contribution in [1.82, 2.24) is 0 Å². The first kappa shape index (κ1) is 69.6. The standard InChI is InChI=1S/C66H122O6/c1-4-7-10-13-16-19-22-24-26-27-28-29-30-31-32-33-34-35-36-37-38-39-41-42-44-47-50-53-56-59-65(68)71-62-63(61-70-64(67)58-55-52-49-46-21-18-15-12-9-6-3)72-66(69)60-57-54-51-48-45-43-40-25-23-20-17-14-11-8-5-2/h8,11,17,20,25,40,63H,4-7,9-10,12-16,18-19,21-24,26-39,41-62H2,1-3H3/b11-8-,20-17-,40-25-. The van der Waals surface area contributed by atoms with Crippen molar-refractivity contribution < 1.29 is 28.6 Å². The Balaban J connectivity index is 4.09. The fraction of sp³-hybridized carbons (Fsp3) is 0.864. The van der Waals surface area contributed by atoms with Gasteiger partial charge in [0, 0.05) is 19.3 Å². The predicted molar refractivity (Wildman–Crippen MR) is 312 cm³/mol. The van der Waals surface area contributed by atoms with E-state index >= 15 is 0 Å². The number of rotatable bonds is 59. The zero-order chi connectivity index (χ0) is 52.2. The Morgan fingerprint density at radius 2 is 0.542 bits per heavy atom. The van der Waals surface area contributed by atoms with E-state index in [1.54, 1.807) is 0 Å². The molecule has 1 unspecified atom stereocenters. The first-order valence-corrected chi connectivity index (χ1v) is 32.0. The third-order valence-corrected chi connectivity index (χ3v) is 14.4. The molecule has 0 spiro atoms. The van der Waals surface area contributed by atoms with Gasteiger partial charge in [0.2, 0.25) is 0 Å². The molecule has 422 valence electrons. The van der Waals surface area contributed by atoms with E-state index in [-0.39, 0.29) is 31.1 Å². The molecule has 0 amide bonds. The van der Waals surface area contributed by atoms with Crippen LogP contribution in [0.5, 0.6) is 0 Å². The SMILES string of the molecule is CC/C=C\C/C=C\C/C=C\CCCCCCCC(=O)OC(COC(=O)CCCCCCCCCCCC)COC(=O)CCCCCCCCCCCCCCCCCCCCCCCCCCCCCCC. The monoisotopic (exact) mass is 1010 g/mol. The third kappa shape index (κ3) is 58.5. The molecule has 0 aromatic carbocycles. The molecule has 0 saturated carbocycles. The molecule has 6 heteroatoms. The molecule has 0 fully saturated rings. The third-order valence-electron chi connectivity index (χ3n) is 14.4. The molecule has 0 aromatic rings. The number of hydrogen-bond donors (Lipinski definition) is 0. The maximum absolute atomic E-state index is 12.8. The molecule has 0 N–H and O–H groups in total. The quantitative estimate of drug-likeness (QED) is 0.0261. The lowest BCUT2D eigenvalue weighted by Gasteiger charge is -2.18. The topological polar surface area (TPSA) is 78.9 Å². The summed E-state index contributed by atoms with van der Waals surface area (Å²) in [5, 5.41) is 0. The molecule has 0 bridgehead atoms. The maximum Gasteiger partial charge on any atom is 0.306 e. The predicted octanol–water partition coefficient (Wildman–Crippen LogP) is 21.6. The molecule has 0 radical (unpaired) electrons. The minimum absolute atomic E-state index is 0.0745. The summed E-state index contributed by atoms with van der Waals surface area (Å²) < 4.78 is 16.9. The Bertz CT molecular complexity index is 1210. The normalized spacial score (nSPS) is 12.2. The second kappa shape index (κ2) is 61.2. The van der Waals surface area contributed by atoms with E-state index in [1.807, 2.05) is 0 Å². The van der Waals surface area contributed by atoms with Crippen LogP contribution in [0.1, 0.15) is 348 Å². The molecular formula is C66H122O6. The van der Waals surface area contributed by atoms with E-state index in [2.05, 4.69) is 57.2 Å². The van der Waals surface area contributed by atoms with Crippen LogP contribution in [0.4, 0.5) is 0 Å². The number of carbonyl (C=O) groups excluding carboxylic acids is 3. The molecule has 1 atom stereocenters. The van der Waals surface area contributed by atoms with Gasteiger partial charge < -0.3 is 14.2 Å². The van der Waals surface area contributed by atoms with Crippen molar-refractivity contribution in [3.63, 3.8) is 0 Å². The van der Waals surface area contributed by atoms with Gasteiger partial charge in [-0.2, -0.15) is 0 Å². The second-order valence-corrected chi connectivity index (χ2v) is 21.7. The van der Waals surface area contributed by atoms with E-state index in [1.165, 1.54) is 212 Å². The fourth-order valence-corrected chi connectivity index (χ4v) is 9.64. The lowest BCUT2D eigenvalue weighted by atomic mass is 10.0. The minimum Gasteiger partial charge on any atom is -0.462 e. The van der Waals surface area contributed by atoms with Gasteiger partial charge in [0.05, 0.1) is 0 Å². The van der Waals surface area contributed by atoms with Crippen molar-refractivity contribution in [1.29, 1.82) is 0 Å². The molecule has 0 rings (SSSR count). The molecular weight excluding hydrogens is 889 g/mol. The van der Waals surface area contributed by atoms with Crippen molar-refractivity contribution >= 4 is 17.9 Å². The van der Waals surface area contributed by atoms with Crippen LogP contribution in [-0.4, -0.2) is 37.2 Å². The number of carbonyl (C=O) groups is 3. The number of ether oxygens (including phenoxy) is 3. The van der Waals surface area contributed by atoms with Crippen LogP contribution in [0.15, 0.2) is 36.5 Å². The Morgan fingerprint density at radius 3 is 0.847 bits per heavy atom. The van der Waals surface area contributed by atoms with Crippen LogP contribution in [0, 0.1) is 0 Å². The van der Waals surface area contributed by atoms with Crippen LogP contribution in [0.3, 0.4) is 0 Å². The lowest BCUT2D eigenvalue weighted by Crippen LogP contribution is -2.30. The van der Waals surface area contributed by atoms with E-state index < -0.39 is 6.10 Å². The Labute approximate surface area is 448 Å². The van der Waals surface area contributed by atoms with Crippen LogP contribution >= 0.6 is 0 Å². The largest absolute Gasteiger partial charge is 0.462 e. The van der Waals surface area contributed by atoms with Gasteiger partial charge in [-0.25, -0.2) is 0 Å². The zero-order valence-electron chi connectivity index (χ0n) is 48.5. The van der Waals surface area contributed by atoms with Crippen LogP contribution in [0.2, 0.25) is 0 Å². The van der Waals surface area contributed by atoms with Gasteiger partial charge in [-0.05, 0) is 51.4 Å². The van der Waals surface area contributed by atoms with Crippen molar-refractivity contribution in [2.45, 2.75) is 354 Å². The highest BCUT2D eigenvalue weighted by molar-refractivity contribution is 5.71. The summed E-state index contributed by atoms with van der Waals surface area (Å²) in [4.78, 5) is 38.1. The molecule has 72 heavy (non-hydrogen) atoms. The van der Waals surface area contributed by atoms with Crippen molar-refractivity contribution in [3.05, 3.63) is 36.5 Å². The van der Waals surface area contributed by atoms with Gasteiger partial charge in [-0.15, -0.1) is 0 Å². The summed E-state index contributed by atoms with van der Waals surface area (Å²) in [6.45, 7) is 6.55. The summed E-state index contributed by atoms with van der Waals surface area (Å²) in [7, 11) is 0. The Morgan fingerprint density at radius 1 is 0.292 bits per heavy atom. The zero-order valence-corrected chi connectivity index (χ0v) is 48.5. The summed E-state index contributed by atoms with van der Waals surface area (Å²) in [5.74, 6) is -0.873. The molecule has 6 nitrogen and oxygen atoms in total. The highest BCUT2D eigenvalue weighted by atomic mass is 16.6. The van der Waals surface area contributed by atoms with Gasteiger partial charge in [0.15, 0.2) is 6.10 Å². The van der Waals surface area contributed by atoms with E-state index in [0.29, 0.717) is 19.3 Å². The molecule has 0 heterocycles. The summed E-state index contributed by atoms with van der Waals surface area (Å²) in [6.07, 6.45) is 74.7. The highest BCUT2D eigenvalue weighted by Crippen LogP contribution is 2.18. The highest BCUT2D eigenvalue weighted by Gasteiger charge is 2.19. The molecule has 0 aromatic heterocycles. The number of unbranched alkanes of at least 4 members (excludes halogenated alkanes) is 42. The van der Waals surface area contributed by atoms with Crippen molar-refractivity contribution in [2.75, 3.05) is 13.2 Å². The molecule has 0 aliphatic heterocycles. The Kier molecular flexibility index (Phi) is 59.2. The van der Waals surface area contributed by atoms with E-state index in [0.717, 1.165) is 96.3 Å². The number of esters is 3. The fourth-order valence-electron chi connectivity index (χ4n) is 9.64. The van der Waals surface area contributed by atoms with Crippen LogP contribution < -0.4 is 0 Å². The molecule has 0 aliphatic carbocycles. The molecule has 0 saturated heterocycles. The van der Waals surface area contributed by atoms with E-state index in [9.17, 15) is 14.4 Å². The minimum atomic E-state index is -0.777. The van der Waals surface area contributed by atoms with Crippen LogP contribution in [-0.2, 0) is 28.6 Å². The van der Waals surface area contributed by atoms with Gasteiger partial charge >= 0.3 is 17.9 Å². The van der Waals surface area contributed by atoms with Gasteiger partial charge in [0.1, 0.15) is 13.2 Å². The second-order valence-electron chi connectivity index (χ2n) is 21.7. The summed E-state index contributed by atoms with van der Waals surface area (Å²) in [6, 6.07) is 0. The lowest BCUT2D eigenvalue weighted by molar-refractivity contribution is -0.167. The number of allylic oxidation sites excluding steroid dienone is 6. The first-order chi connectivity index (χ1) is 35.5. The summed E-state index contributed by atoms with van der Waals surface area (Å²) >= 11 is 0. The van der Waals surface area contributed by atoms with Gasteiger partial charge in [0.25, 0.3) is 0 Å². The summed E-state index contributed by atoms with van der Waals surface area (Å²) in [5.41, 5.74) is 0. The average Bonchev–Trinajstić information content (AvgIpc) is 3.38. The smallest absolute Gasteiger partial charge is 0.306 e. The van der Waals surface area contributed by atoms with Gasteiger partial charge in [-0.3, -0.25) is 14.4 Å².